The molecule has 25 nitrogen and oxygen atoms in total. The molecule has 7 amide bonds. The number of nitrogens with one attached hydrogen (secondary N) is 3. The van der Waals surface area contributed by atoms with E-state index in [1.807, 2.05) is 0 Å². The van der Waals surface area contributed by atoms with E-state index in [1.165, 1.54) is 21.6 Å². The number of amides is 7. The fourth-order valence-corrected chi connectivity index (χ4v) is 7.11. The molecule has 3 rings (SSSR count). The Hall–Kier alpha value is -5.46. The van der Waals surface area contributed by atoms with Crippen molar-refractivity contribution in [1.82, 2.24) is 30.7 Å². The first kappa shape index (κ1) is 52.7. The van der Waals surface area contributed by atoms with Crippen LogP contribution in [-0.2, 0) is 55.9 Å². The molecule has 3 heterocycles. The van der Waals surface area contributed by atoms with Crippen molar-refractivity contribution in [3.8, 4) is 0 Å². The second-order valence-corrected chi connectivity index (χ2v) is 14.5. The number of aliphatic imine (C=N–C) groups is 4. The van der Waals surface area contributed by atoms with Crippen molar-refractivity contribution in [3.63, 3.8) is 0 Å². The Balaban J connectivity index is 0.00000651. The molecule has 3 saturated heterocycles. The number of nitrogens with two attached hydrogens (primary N) is 4. The Bertz CT molecular complexity index is 1710. The van der Waals surface area contributed by atoms with Crippen LogP contribution < -0.4 is 54.2 Å². The van der Waals surface area contributed by atoms with Crippen molar-refractivity contribution in [3.05, 3.63) is 0 Å². The molecular weight excluding hydrogens is 903 g/mol. The molecule has 62 heavy (non-hydrogen) atoms. The van der Waals surface area contributed by atoms with E-state index in [9.17, 15) is 48.9 Å². The summed E-state index contributed by atoms with van der Waals surface area (Å²) >= 11 is 0.900. The number of hydrogen-bond acceptors (Lipinski definition) is 17. The van der Waals surface area contributed by atoms with Gasteiger partial charge in [-0.1, -0.05) is 0 Å². The van der Waals surface area contributed by atoms with Gasteiger partial charge >= 0.3 is 22.4 Å². The number of likely N-dealkylation sites (tertiary alicyclic amines) is 3. The maximum atomic E-state index is 14.1. The SMILES string of the molecule is C[C@@H](N=C([O-])CN)C([O-])=NCC([O-])=NCC(=O)NC(=O)CCCNC(=O)[C@@H]1CCCN1C(=O)[C@@H]1CCCN1C(=O)[C@H](CCCN=C(N)N)NC(=O)[C@@H]1CCCN1C(=O)CN.[O]=[99Tc+3]. The molecule has 0 saturated carbocycles. The molecule has 11 N–H and O–H groups in total. The van der Waals surface area contributed by atoms with Crippen LogP contribution in [-0.4, -0.2) is 169 Å². The predicted molar refractivity (Wildman–Crippen MR) is 212 cm³/mol. The number of nitrogens with zero attached hydrogens (tertiary/aromatic N) is 7. The minimum atomic E-state index is -1.13. The molecule has 3 aliphatic rings. The van der Waals surface area contributed by atoms with E-state index in [-0.39, 0.29) is 70.4 Å². The van der Waals surface area contributed by atoms with Gasteiger partial charge in [0.1, 0.15) is 30.7 Å². The van der Waals surface area contributed by atoms with Gasteiger partial charge in [-0.15, -0.1) is 0 Å². The summed E-state index contributed by atoms with van der Waals surface area (Å²) in [7, 11) is 0. The third-order valence-corrected chi connectivity index (χ3v) is 10.1. The normalized spacial score (nSPS) is 20.1. The third kappa shape index (κ3) is 16.8. The van der Waals surface area contributed by atoms with Gasteiger partial charge in [-0.3, -0.25) is 58.8 Å². The van der Waals surface area contributed by atoms with E-state index >= 15 is 0 Å². The fraction of sp³-hybridized carbons (Fsp3) is 0.694. The van der Waals surface area contributed by atoms with Crippen LogP contribution in [0, 0.1) is 0 Å². The van der Waals surface area contributed by atoms with Crippen molar-refractivity contribution < 1.29 is 71.2 Å². The summed E-state index contributed by atoms with van der Waals surface area (Å²) in [5, 5.41) is 42.6. The zero-order chi connectivity index (χ0) is 46.4. The van der Waals surface area contributed by atoms with Crippen LogP contribution in [0.25, 0.3) is 0 Å². The van der Waals surface area contributed by atoms with Gasteiger partial charge in [0.15, 0.2) is 5.96 Å². The molecule has 0 aromatic heterocycles. The van der Waals surface area contributed by atoms with Gasteiger partial charge in [-0.05, 0) is 82.4 Å². The van der Waals surface area contributed by atoms with Crippen LogP contribution in [0.4, 0.5) is 0 Å². The molecular formula is C36H57N14O11Tc. The number of guanidine groups is 1. The zero-order valence-electron chi connectivity index (χ0n) is 34.6. The van der Waals surface area contributed by atoms with Gasteiger partial charge in [-0.2, -0.15) is 0 Å². The second-order valence-electron chi connectivity index (χ2n) is 14.5. The molecule has 26 heteroatoms. The molecule has 0 unspecified atom stereocenters. The van der Waals surface area contributed by atoms with E-state index in [0.29, 0.717) is 51.5 Å². The first-order valence-electron chi connectivity index (χ1n) is 20.1. The summed E-state index contributed by atoms with van der Waals surface area (Å²) in [4.78, 5) is 110. The molecule has 3 fully saturated rings. The molecule has 5 atom stereocenters. The number of carbonyl (C=O) groups excluding carboxylic acids is 7. The van der Waals surface area contributed by atoms with Crippen molar-refractivity contribution >= 4 is 65.0 Å². The second kappa shape index (κ2) is 27.5. The van der Waals surface area contributed by atoms with Crippen LogP contribution in [0.3, 0.4) is 0 Å². The van der Waals surface area contributed by atoms with Crippen molar-refractivity contribution in [2.24, 2.45) is 42.9 Å². The summed E-state index contributed by atoms with van der Waals surface area (Å²) in [6, 6.07) is -4.65. The van der Waals surface area contributed by atoms with E-state index in [0.717, 1.165) is 18.9 Å². The Kier molecular flexibility index (Phi) is 23.3. The summed E-state index contributed by atoms with van der Waals surface area (Å²) in [5.41, 5.74) is 21.6. The number of carbonyl (C=O) groups is 7. The maximum absolute atomic E-state index is 14.1. The average molecular weight is 961 g/mol. The van der Waals surface area contributed by atoms with Gasteiger partial charge in [0.05, 0.1) is 19.1 Å². The summed E-state index contributed by atoms with van der Waals surface area (Å²) in [6.07, 6.45) is 3.27. The predicted octanol–water partition coefficient (Wildman–Crippen LogP) is -7.50. The molecule has 0 radical (unpaired) electrons. The van der Waals surface area contributed by atoms with E-state index in [1.54, 1.807) is 0 Å². The summed E-state index contributed by atoms with van der Waals surface area (Å²) < 4.78 is 8.22. The molecule has 0 spiro atoms. The Labute approximate surface area is 369 Å². The Morgan fingerprint density at radius 3 is 1.98 bits per heavy atom. The van der Waals surface area contributed by atoms with Crippen molar-refractivity contribution in [1.29, 1.82) is 0 Å². The number of hydrogen-bond donors (Lipinski definition) is 7. The minimum absolute atomic E-state index is 0.0452. The molecule has 0 aromatic carbocycles. The summed E-state index contributed by atoms with van der Waals surface area (Å²) in [6.45, 7) is 0.432. The quantitative estimate of drug-likeness (QED) is 0.0319. The van der Waals surface area contributed by atoms with Crippen molar-refractivity contribution in [2.75, 3.05) is 58.9 Å². The van der Waals surface area contributed by atoms with Gasteiger partial charge < -0.3 is 63.6 Å². The van der Waals surface area contributed by atoms with E-state index < -0.39 is 96.4 Å². The van der Waals surface area contributed by atoms with Crippen LogP contribution in [0.5, 0.6) is 0 Å². The average Bonchev–Trinajstić information content (AvgIpc) is 4.06. The monoisotopic (exact) mass is 960 g/mol. The van der Waals surface area contributed by atoms with E-state index in [2.05, 4.69) is 35.9 Å². The van der Waals surface area contributed by atoms with Crippen LogP contribution >= 0.6 is 0 Å². The van der Waals surface area contributed by atoms with Crippen LogP contribution in [0.1, 0.15) is 71.1 Å². The van der Waals surface area contributed by atoms with Crippen LogP contribution in [0.2, 0.25) is 0 Å². The summed E-state index contributed by atoms with van der Waals surface area (Å²) in [5.74, 6) is -6.33. The third-order valence-electron chi connectivity index (χ3n) is 10.1. The molecule has 3 aliphatic heterocycles. The van der Waals surface area contributed by atoms with Gasteiger partial charge in [-0.25, -0.2) is 0 Å². The zero-order valence-corrected chi connectivity index (χ0v) is 36.5. The standard InChI is InChI=1S/C36H60N14O10.O.Tc/c1-21(45-27(52)17-37)31(56)44-19-28(53)43-20-29(54)47-26(51)11-3-12-41-32(57)23-8-5-15-49(23)35(60)25-10-6-16-50(25)34(59)22(7-2-13-42-36(39)40)46-33(58)24-9-4-14-48(24)30(55)18-38;;/h21-25H,2-20,37-38H2,1H3,(H,41,57)(H,43,53)(H,44,56)(H,45,52)(H,46,58)(H4,39,40,42)(H,47,51,54);;/q;;+3/p-3/t21-,22+,23+,24+,25+;;/m1../s1/i;;1+1. The van der Waals surface area contributed by atoms with Gasteiger partial charge in [0.25, 0.3) is 0 Å². The van der Waals surface area contributed by atoms with E-state index in [4.69, 9.17) is 26.4 Å². The molecule has 344 valence electrons. The topological polar surface area (TPSA) is 405 Å². The first-order valence-corrected chi connectivity index (χ1v) is 20.9. The van der Waals surface area contributed by atoms with Gasteiger partial charge in [0, 0.05) is 45.7 Å². The Morgan fingerprint density at radius 1 is 0.742 bits per heavy atom. The fourth-order valence-electron chi connectivity index (χ4n) is 7.11. The molecule has 0 aliphatic carbocycles. The Morgan fingerprint density at radius 2 is 1.35 bits per heavy atom. The number of rotatable bonds is 21. The molecule has 0 aromatic rings. The first-order chi connectivity index (χ1) is 29.6. The van der Waals surface area contributed by atoms with Crippen LogP contribution in [0.15, 0.2) is 20.0 Å². The van der Waals surface area contributed by atoms with Gasteiger partial charge in [0.2, 0.25) is 41.4 Å². The van der Waals surface area contributed by atoms with Crippen molar-refractivity contribution in [2.45, 2.75) is 101 Å². The number of imide groups is 1. The molecule has 0 bridgehead atoms.